The van der Waals surface area contributed by atoms with E-state index in [1.807, 2.05) is 0 Å². The molecular formula is C7H11F3N2. The van der Waals surface area contributed by atoms with Crippen molar-refractivity contribution >= 4 is 0 Å². The second-order valence-corrected chi connectivity index (χ2v) is 2.84. The van der Waals surface area contributed by atoms with Crippen molar-refractivity contribution < 1.29 is 13.2 Å². The molecule has 2 nitrogen and oxygen atoms in total. The number of allylic oxidation sites excluding steroid dienone is 1. The normalized spacial score (nSPS) is 23.0. The zero-order valence-corrected chi connectivity index (χ0v) is 6.70. The van der Waals surface area contributed by atoms with Crippen LogP contribution in [0.5, 0.6) is 0 Å². The van der Waals surface area contributed by atoms with Gasteiger partial charge >= 0.3 is 6.18 Å². The number of halogens is 3. The van der Waals surface area contributed by atoms with Crippen LogP contribution in [0.25, 0.3) is 0 Å². The molecule has 0 aromatic carbocycles. The number of rotatable bonds is 2. The fourth-order valence-electron chi connectivity index (χ4n) is 1.05. The molecule has 0 radical (unpaired) electrons. The minimum Gasteiger partial charge on any atom is -0.370 e. The quantitative estimate of drug-likeness (QED) is 0.676. The molecule has 0 bridgehead atoms. The molecule has 5 heteroatoms. The first-order chi connectivity index (χ1) is 5.47. The van der Waals surface area contributed by atoms with E-state index < -0.39 is 12.6 Å². The molecule has 0 aromatic rings. The molecular weight excluding hydrogens is 169 g/mol. The summed E-state index contributed by atoms with van der Waals surface area (Å²) in [5, 5.41) is 5.68. The molecule has 1 aliphatic rings. The fraction of sp³-hybridized carbons (Fsp3) is 0.714. The Morgan fingerprint density at radius 3 is 2.58 bits per heavy atom. The van der Waals surface area contributed by atoms with Gasteiger partial charge in [0.2, 0.25) is 0 Å². The average molecular weight is 180 g/mol. The highest BCUT2D eigenvalue weighted by atomic mass is 19.4. The van der Waals surface area contributed by atoms with E-state index in [9.17, 15) is 13.2 Å². The number of hydrogen-bond donors (Lipinski definition) is 2. The van der Waals surface area contributed by atoms with E-state index >= 15 is 0 Å². The molecule has 1 aliphatic heterocycles. The first kappa shape index (κ1) is 9.22. The minimum atomic E-state index is -4.06. The lowest BCUT2D eigenvalue weighted by molar-refractivity contribution is -0.136. The summed E-state index contributed by atoms with van der Waals surface area (Å²) in [5.74, 6) is 0. The summed E-state index contributed by atoms with van der Waals surface area (Å²) in [6, 6.07) is 0. The number of hydrogen-bond acceptors (Lipinski definition) is 2. The van der Waals surface area contributed by atoms with Crippen LogP contribution in [0.3, 0.4) is 0 Å². The topological polar surface area (TPSA) is 24.1 Å². The zero-order chi connectivity index (χ0) is 9.19. The molecule has 12 heavy (non-hydrogen) atoms. The third-order valence-corrected chi connectivity index (χ3v) is 1.62. The van der Waals surface area contributed by atoms with Gasteiger partial charge in [0.05, 0.1) is 6.17 Å². The Hall–Kier alpha value is -0.870. The Morgan fingerprint density at radius 1 is 1.50 bits per heavy atom. The SMILES string of the molecule is CC1=CNC(CCC(F)(F)F)N1. The van der Waals surface area contributed by atoms with E-state index in [2.05, 4.69) is 10.6 Å². The molecule has 0 saturated heterocycles. The Labute approximate surface area is 68.8 Å². The van der Waals surface area contributed by atoms with Crippen LogP contribution in [-0.2, 0) is 0 Å². The summed E-state index contributed by atoms with van der Waals surface area (Å²) in [7, 11) is 0. The lowest BCUT2D eigenvalue weighted by atomic mass is 10.2. The van der Waals surface area contributed by atoms with Crippen molar-refractivity contribution in [1.29, 1.82) is 0 Å². The Kier molecular flexibility index (Phi) is 2.49. The van der Waals surface area contributed by atoms with E-state index in [1.165, 1.54) is 0 Å². The van der Waals surface area contributed by atoms with Gasteiger partial charge in [-0.1, -0.05) is 0 Å². The molecule has 1 unspecified atom stereocenters. The molecule has 2 N–H and O–H groups in total. The third kappa shape index (κ3) is 3.02. The lowest BCUT2D eigenvalue weighted by Gasteiger charge is -2.14. The van der Waals surface area contributed by atoms with Crippen LogP contribution in [0.15, 0.2) is 11.9 Å². The van der Waals surface area contributed by atoms with Gasteiger partial charge in [0.15, 0.2) is 0 Å². The van der Waals surface area contributed by atoms with Crippen LogP contribution in [-0.4, -0.2) is 12.3 Å². The van der Waals surface area contributed by atoms with Crippen molar-refractivity contribution in [3.05, 3.63) is 11.9 Å². The highest BCUT2D eigenvalue weighted by molar-refractivity contribution is 5.03. The zero-order valence-electron chi connectivity index (χ0n) is 6.70. The summed E-state index contributed by atoms with van der Waals surface area (Å²) < 4.78 is 35.2. The van der Waals surface area contributed by atoms with Crippen molar-refractivity contribution in [3.8, 4) is 0 Å². The van der Waals surface area contributed by atoms with E-state index in [4.69, 9.17) is 0 Å². The van der Waals surface area contributed by atoms with Crippen molar-refractivity contribution in [2.24, 2.45) is 0 Å². The van der Waals surface area contributed by atoms with Crippen LogP contribution in [0.1, 0.15) is 19.8 Å². The molecule has 1 atom stereocenters. The number of nitrogens with one attached hydrogen (secondary N) is 2. The molecule has 70 valence electrons. The maximum absolute atomic E-state index is 11.7. The van der Waals surface area contributed by atoms with Gasteiger partial charge in [-0.3, -0.25) is 0 Å². The second kappa shape index (κ2) is 3.25. The van der Waals surface area contributed by atoms with E-state index in [-0.39, 0.29) is 12.6 Å². The highest BCUT2D eigenvalue weighted by Gasteiger charge is 2.28. The van der Waals surface area contributed by atoms with Gasteiger partial charge in [0.25, 0.3) is 0 Å². The summed E-state index contributed by atoms with van der Waals surface area (Å²) in [4.78, 5) is 0. The Balaban J connectivity index is 2.18. The van der Waals surface area contributed by atoms with Gasteiger partial charge in [0.1, 0.15) is 0 Å². The van der Waals surface area contributed by atoms with Gasteiger partial charge in [-0.05, 0) is 13.3 Å². The van der Waals surface area contributed by atoms with Gasteiger partial charge in [-0.25, -0.2) is 0 Å². The molecule has 0 saturated carbocycles. The van der Waals surface area contributed by atoms with Crippen molar-refractivity contribution in [2.45, 2.75) is 32.1 Å². The van der Waals surface area contributed by atoms with Crippen molar-refractivity contribution in [3.63, 3.8) is 0 Å². The maximum atomic E-state index is 11.7. The maximum Gasteiger partial charge on any atom is 0.389 e. The standard InChI is InChI=1S/C7H11F3N2/c1-5-4-11-6(12-5)2-3-7(8,9)10/h4,6,11-12H,2-3H2,1H3. The average Bonchev–Trinajstić information content (AvgIpc) is 2.30. The van der Waals surface area contributed by atoms with Gasteiger partial charge in [-0.2, -0.15) is 13.2 Å². The van der Waals surface area contributed by atoms with Gasteiger partial charge < -0.3 is 10.6 Å². The Bertz CT molecular complexity index is 186. The monoisotopic (exact) mass is 180 g/mol. The fourth-order valence-corrected chi connectivity index (χ4v) is 1.05. The van der Waals surface area contributed by atoms with Gasteiger partial charge in [-0.15, -0.1) is 0 Å². The molecule has 0 amide bonds. The predicted octanol–water partition coefficient (Wildman–Crippen LogP) is 1.71. The second-order valence-electron chi connectivity index (χ2n) is 2.84. The van der Waals surface area contributed by atoms with Crippen molar-refractivity contribution in [2.75, 3.05) is 0 Å². The Morgan fingerprint density at radius 2 is 2.17 bits per heavy atom. The van der Waals surface area contributed by atoms with E-state index in [0.717, 1.165) is 5.70 Å². The van der Waals surface area contributed by atoms with Crippen LogP contribution in [0, 0.1) is 0 Å². The van der Waals surface area contributed by atoms with Crippen molar-refractivity contribution in [1.82, 2.24) is 10.6 Å². The predicted molar refractivity (Wildman–Crippen MR) is 39.1 cm³/mol. The minimum absolute atomic E-state index is 0.0668. The molecule has 0 aliphatic carbocycles. The molecule has 0 spiro atoms. The smallest absolute Gasteiger partial charge is 0.370 e. The number of alkyl halides is 3. The van der Waals surface area contributed by atoms with Crippen LogP contribution in [0.2, 0.25) is 0 Å². The molecule has 0 fully saturated rings. The molecule has 1 heterocycles. The first-order valence-electron chi connectivity index (χ1n) is 3.73. The molecule has 0 aromatic heterocycles. The van der Waals surface area contributed by atoms with E-state index in [0.29, 0.717) is 0 Å². The summed E-state index contributed by atoms with van der Waals surface area (Å²) >= 11 is 0. The van der Waals surface area contributed by atoms with Crippen LogP contribution in [0.4, 0.5) is 13.2 Å². The third-order valence-electron chi connectivity index (χ3n) is 1.62. The van der Waals surface area contributed by atoms with Gasteiger partial charge in [0, 0.05) is 18.3 Å². The van der Waals surface area contributed by atoms with Crippen LogP contribution >= 0.6 is 0 Å². The summed E-state index contributed by atoms with van der Waals surface area (Å²) in [6.45, 7) is 1.81. The molecule has 1 rings (SSSR count). The highest BCUT2D eigenvalue weighted by Crippen LogP contribution is 2.22. The largest absolute Gasteiger partial charge is 0.389 e. The lowest BCUT2D eigenvalue weighted by Crippen LogP contribution is -2.33. The first-order valence-corrected chi connectivity index (χ1v) is 3.73. The summed E-state index contributed by atoms with van der Waals surface area (Å²) in [5.41, 5.74) is 0.877. The van der Waals surface area contributed by atoms with E-state index in [1.54, 1.807) is 13.1 Å². The summed E-state index contributed by atoms with van der Waals surface area (Å²) in [6.07, 6.45) is -3.32. The van der Waals surface area contributed by atoms with Crippen LogP contribution < -0.4 is 10.6 Å².